The third kappa shape index (κ3) is 1.77. The number of imidazole rings is 1. The molecule has 0 bridgehead atoms. The number of hydrogen-bond acceptors (Lipinski definition) is 2. The van der Waals surface area contributed by atoms with Crippen molar-refractivity contribution in [2.24, 2.45) is 13.0 Å². The molecule has 1 aromatic heterocycles. The minimum Gasteiger partial charge on any atom is -0.335 e. The molecule has 1 aliphatic heterocycles. The largest absolute Gasteiger partial charge is 0.335 e. The normalized spacial score (nSPS) is 24.7. The number of fused-ring (bicyclic) bond motifs is 1. The summed E-state index contributed by atoms with van der Waals surface area (Å²) in [5, 5.41) is 3.44. The summed E-state index contributed by atoms with van der Waals surface area (Å²) in [7, 11) is 2.20. The van der Waals surface area contributed by atoms with Crippen LogP contribution in [0, 0.1) is 5.92 Å². The highest BCUT2D eigenvalue weighted by Gasteiger charge is 2.21. The molecule has 0 saturated carbocycles. The Kier molecular flexibility index (Phi) is 2.72. The van der Waals surface area contributed by atoms with Crippen LogP contribution in [0.5, 0.6) is 0 Å². The SMILES string of the molecule is Cn1c(CC2CCNC2)nc2c1CCCC2. The van der Waals surface area contributed by atoms with Crippen molar-refractivity contribution in [2.75, 3.05) is 13.1 Å². The number of nitrogens with one attached hydrogen (secondary N) is 1. The van der Waals surface area contributed by atoms with Crippen molar-refractivity contribution in [2.45, 2.75) is 38.5 Å². The molecule has 3 nitrogen and oxygen atoms in total. The van der Waals surface area contributed by atoms with Crippen LogP contribution in [-0.4, -0.2) is 22.6 Å². The molecule has 0 spiro atoms. The minimum atomic E-state index is 0.808. The summed E-state index contributed by atoms with van der Waals surface area (Å²) in [6, 6.07) is 0. The fraction of sp³-hybridized carbons (Fsp3) is 0.769. The molecule has 3 rings (SSSR count). The number of aryl methyl sites for hydroxylation is 1. The zero-order valence-corrected chi connectivity index (χ0v) is 10.1. The molecule has 1 atom stereocenters. The van der Waals surface area contributed by atoms with E-state index in [4.69, 9.17) is 4.98 Å². The Labute approximate surface area is 97.3 Å². The van der Waals surface area contributed by atoms with E-state index in [9.17, 15) is 0 Å². The molecule has 2 aliphatic rings. The van der Waals surface area contributed by atoms with Gasteiger partial charge in [0.15, 0.2) is 0 Å². The summed E-state index contributed by atoms with van der Waals surface area (Å²) in [6.45, 7) is 2.37. The van der Waals surface area contributed by atoms with Gasteiger partial charge < -0.3 is 9.88 Å². The first-order valence-electron chi connectivity index (χ1n) is 6.58. The predicted octanol–water partition coefficient (Wildman–Crippen LogP) is 1.45. The molecule has 0 aromatic carbocycles. The van der Waals surface area contributed by atoms with Gasteiger partial charge in [-0.15, -0.1) is 0 Å². The lowest BCUT2D eigenvalue weighted by molar-refractivity contribution is 0.546. The molecule has 1 saturated heterocycles. The van der Waals surface area contributed by atoms with Crippen LogP contribution in [0.4, 0.5) is 0 Å². The Hall–Kier alpha value is -0.830. The molecule has 3 heteroatoms. The van der Waals surface area contributed by atoms with E-state index in [1.54, 1.807) is 0 Å². The standard InChI is InChI=1S/C13H21N3/c1-16-12-5-3-2-4-11(12)15-13(16)8-10-6-7-14-9-10/h10,14H,2-9H2,1H3. The van der Waals surface area contributed by atoms with E-state index in [-0.39, 0.29) is 0 Å². The molecular weight excluding hydrogens is 198 g/mol. The third-order valence-electron chi connectivity index (χ3n) is 4.10. The number of aromatic nitrogens is 2. The van der Waals surface area contributed by atoms with Crippen LogP contribution < -0.4 is 5.32 Å². The monoisotopic (exact) mass is 219 g/mol. The van der Waals surface area contributed by atoms with Gasteiger partial charge in [0, 0.05) is 19.2 Å². The van der Waals surface area contributed by atoms with E-state index in [1.165, 1.54) is 62.4 Å². The van der Waals surface area contributed by atoms with Crippen molar-refractivity contribution in [3.63, 3.8) is 0 Å². The Balaban J connectivity index is 1.81. The minimum absolute atomic E-state index is 0.808. The van der Waals surface area contributed by atoms with Crippen LogP contribution in [-0.2, 0) is 26.3 Å². The number of rotatable bonds is 2. The van der Waals surface area contributed by atoms with Gasteiger partial charge in [0.1, 0.15) is 5.82 Å². The fourth-order valence-electron chi connectivity index (χ4n) is 3.07. The molecule has 16 heavy (non-hydrogen) atoms. The molecule has 1 fully saturated rings. The second-order valence-corrected chi connectivity index (χ2v) is 5.25. The summed E-state index contributed by atoms with van der Waals surface area (Å²) in [4.78, 5) is 4.85. The van der Waals surface area contributed by atoms with Gasteiger partial charge >= 0.3 is 0 Å². The van der Waals surface area contributed by atoms with Crippen molar-refractivity contribution in [1.29, 1.82) is 0 Å². The maximum atomic E-state index is 4.85. The second-order valence-electron chi connectivity index (χ2n) is 5.25. The van der Waals surface area contributed by atoms with Gasteiger partial charge in [-0.1, -0.05) is 0 Å². The van der Waals surface area contributed by atoms with Gasteiger partial charge in [0.2, 0.25) is 0 Å². The van der Waals surface area contributed by atoms with Crippen LogP contribution in [0.25, 0.3) is 0 Å². The molecule has 1 aliphatic carbocycles. The second kappa shape index (κ2) is 4.21. The predicted molar refractivity (Wildman–Crippen MR) is 64.5 cm³/mol. The Morgan fingerprint density at radius 1 is 1.38 bits per heavy atom. The average molecular weight is 219 g/mol. The van der Waals surface area contributed by atoms with Crippen LogP contribution >= 0.6 is 0 Å². The molecule has 1 N–H and O–H groups in total. The van der Waals surface area contributed by atoms with E-state index in [0.29, 0.717) is 0 Å². The Morgan fingerprint density at radius 3 is 3.00 bits per heavy atom. The van der Waals surface area contributed by atoms with Crippen molar-refractivity contribution in [3.8, 4) is 0 Å². The third-order valence-corrected chi connectivity index (χ3v) is 4.10. The average Bonchev–Trinajstić information content (AvgIpc) is 2.90. The van der Waals surface area contributed by atoms with Crippen LogP contribution in [0.2, 0.25) is 0 Å². The van der Waals surface area contributed by atoms with Gasteiger partial charge in [0.05, 0.1) is 5.69 Å². The topological polar surface area (TPSA) is 29.9 Å². The number of hydrogen-bond donors (Lipinski definition) is 1. The summed E-state index contributed by atoms with van der Waals surface area (Å²) in [6.07, 6.45) is 7.59. The first kappa shape index (κ1) is 10.3. The van der Waals surface area contributed by atoms with Crippen LogP contribution in [0.3, 0.4) is 0 Å². The lowest BCUT2D eigenvalue weighted by atomic mass is 10.0. The zero-order valence-electron chi connectivity index (χ0n) is 10.1. The first-order valence-corrected chi connectivity index (χ1v) is 6.58. The van der Waals surface area contributed by atoms with Crippen molar-refractivity contribution >= 4 is 0 Å². The quantitative estimate of drug-likeness (QED) is 0.816. The van der Waals surface area contributed by atoms with E-state index < -0.39 is 0 Å². The molecular formula is C13H21N3. The summed E-state index contributed by atoms with van der Waals surface area (Å²) >= 11 is 0. The molecule has 0 radical (unpaired) electrons. The van der Waals surface area contributed by atoms with E-state index in [0.717, 1.165) is 12.3 Å². The highest BCUT2D eigenvalue weighted by molar-refractivity contribution is 5.20. The maximum absolute atomic E-state index is 4.85. The van der Waals surface area contributed by atoms with Crippen LogP contribution in [0.1, 0.15) is 36.5 Å². The maximum Gasteiger partial charge on any atom is 0.109 e. The molecule has 0 amide bonds. The molecule has 1 aromatic rings. The molecule has 88 valence electrons. The van der Waals surface area contributed by atoms with Crippen molar-refractivity contribution in [3.05, 3.63) is 17.2 Å². The van der Waals surface area contributed by atoms with Crippen LogP contribution in [0.15, 0.2) is 0 Å². The lowest BCUT2D eigenvalue weighted by Crippen LogP contribution is -2.13. The first-order chi connectivity index (χ1) is 7.84. The van der Waals surface area contributed by atoms with Gasteiger partial charge in [-0.2, -0.15) is 0 Å². The summed E-state index contributed by atoms with van der Waals surface area (Å²) in [5.41, 5.74) is 2.89. The highest BCUT2D eigenvalue weighted by Crippen LogP contribution is 2.23. The van der Waals surface area contributed by atoms with E-state index in [1.807, 2.05) is 0 Å². The van der Waals surface area contributed by atoms with Gasteiger partial charge in [-0.3, -0.25) is 0 Å². The Morgan fingerprint density at radius 2 is 2.25 bits per heavy atom. The molecule has 1 unspecified atom stereocenters. The Bertz CT molecular complexity index is 375. The van der Waals surface area contributed by atoms with E-state index >= 15 is 0 Å². The summed E-state index contributed by atoms with van der Waals surface area (Å²) in [5.74, 6) is 2.13. The highest BCUT2D eigenvalue weighted by atomic mass is 15.1. The van der Waals surface area contributed by atoms with Crippen molar-refractivity contribution in [1.82, 2.24) is 14.9 Å². The lowest BCUT2D eigenvalue weighted by Gasteiger charge is -2.12. The fourth-order valence-corrected chi connectivity index (χ4v) is 3.07. The van der Waals surface area contributed by atoms with Gasteiger partial charge in [0.25, 0.3) is 0 Å². The molecule has 2 heterocycles. The van der Waals surface area contributed by atoms with E-state index in [2.05, 4.69) is 16.9 Å². The smallest absolute Gasteiger partial charge is 0.109 e. The van der Waals surface area contributed by atoms with Gasteiger partial charge in [-0.05, 0) is 51.1 Å². The van der Waals surface area contributed by atoms with Gasteiger partial charge in [-0.25, -0.2) is 4.98 Å². The summed E-state index contributed by atoms with van der Waals surface area (Å²) < 4.78 is 2.37. The van der Waals surface area contributed by atoms with Crippen molar-refractivity contribution < 1.29 is 0 Å². The zero-order chi connectivity index (χ0) is 11.0. The number of nitrogens with zero attached hydrogens (tertiary/aromatic N) is 2.